The van der Waals surface area contributed by atoms with E-state index in [1.165, 1.54) is 10.9 Å². The monoisotopic (exact) mass is 295 g/mol. The molecule has 1 aromatic heterocycles. The summed E-state index contributed by atoms with van der Waals surface area (Å²) >= 11 is 1.73. The number of aromatic nitrogens is 1. The molecule has 1 heterocycles. The molecule has 0 aliphatic carbocycles. The van der Waals surface area contributed by atoms with Gasteiger partial charge in [-0.05, 0) is 23.3 Å². The van der Waals surface area contributed by atoms with E-state index in [1.807, 2.05) is 54.7 Å². The van der Waals surface area contributed by atoms with Crippen LogP contribution in [0.15, 0.2) is 66.9 Å². The lowest BCUT2D eigenvalue weighted by Crippen LogP contribution is -2.00. The molecule has 0 saturated heterocycles. The average Bonchev–Trinajstić information content (AvgIpc) is 2.55. The van der Waals surface area contributed by atoms with Gasteiger partial charge in [0.25, 0.3) is 0 Å². The van der Waals surface area contributed by atoms with Crippen molar-refractivity contribution in [2.75, 3.05) is 5.75 Å². The molecule has 0 unspecified atom stereocenters. The number of aliphatic hydroxyl groups is 1. The van der Waals surface area contributed by atoms with Crippen LogP contribution >= 0.6 is 11.8 Å². The van der Waals surface area contributed by atoms with Gasteiger partial charge in [0.1, 0.15) is 0 Å². The molecule has 0 radical (unpaired) electrons. The molecule has 21 heavy (non-hydrogen) atoms. The first-order valence-corrected chi connectivity index (χ1v) is 8.13. The van der Waals surface area contributed by atoms with E-state index in [0.717, 1.165) is 16.8 Å². The van der Waals surface area contributed by atoms with Crippen LogP contribution in [0.3, 0.4) is 0 Å². The number of rotatable bonds is 5. The van der Waals surface area contributed by atoms with Crippen LogP contribution in [-0.2, 0) is 5.75 Å². The highest BCUT2D eigenvalue weighted by atomic mass is 32.2. The number of hydrogen-bond acceptors (Lipinski definition) is 3. The summed E-state index contributed by atoms with van der Waals surface area (Å²) in [6.45, 7) is 0. The predicted molar refractivity (Wildman–Crippen MR) is 89.3 cm³/mol. The molecule has 0 fully saturated rings. The maximum Gasteiger partial charge on any atom is 0.0880 e. The Bertz CT molecular complexity index is 714. The van der Waals surface area contributed by atoms with Crippen LogP contribution in [0.25, 0.3) is 10.9 Å². The number of para-hydroxylation sites is 1. The van der Waals surface area contributed by atoms with Crippen LogP contribution in [0.1, 0.15) is 17.2 Å². The highest BCUT2D eigenvalue weighted by Gasteiger charge is 2.07. The van der Waals surface area contributed by atoms with Gasteiger partial charge < -0.3 is 5.11 Å². The van der Waals surface area contributed by atoms with E-state index in [-0.39, 0.29) is 0 Å². The van der Waals surface area contributed by atoms with Crippen molar-refractivity contribution < 1.29 is 5.11 Å². The lowest BCUT2D eigenvalue weighted by Gasteiger charge is -2.10. The third kappa shape index (κ3) is 3.63. The summed E-state index contributed by atoms with van der Waals surface area (Å²) in [5.41, 5.74) is 3.19. The van der Waals surface area contributed by atoms with Gasteiger partial charge in [-0.25, -0.2) is 0 Å². The molecule has 0 aliphatic rings. The van der Waals surface area contributed by atoms with Gasteiger partial charge in [-0.3, -0.25) is 4.98 Å². The molecular formula is C18H17NOS. The lowest BCUT2D eigenvalue weighted by molar-refractivity contribution is 0.204. The van der Waals surface area contributed by atoms with Crippen molar-refractivity contribution in [1.29, 1.82) is 0 Å². The molecule has 2 aromatic carbocycles. The molecule has 0 saturated carbocycles. The Kier molecular flexibility index (Phi) is 4.53. The third-order valence-electron chi connectivity index (χ3n) is 3.38. The Hall–Kier alpha value is -1.84. The highest BCUT2D eigenvalue weighted by Crippen LogP contribution is 2.22. The maximum atomic E-state index is 10.1. The Balaban J connectivity index is 1.59. The molecule has 1 N–H and O–H groups in total. The fourth-order valence-corrected chi connectivity index (χ4v) is 3.18. The number of fused-ring (bicyclic) bond motifs is 1. The first-order valence-electron chi connectivity index (χ1n) is 6.97. The zero-order valence-electron chi connectivity index (χ0n) is 11.6. The number of nitrogens with zero attached hydrogens (tertiary/aromatic N) is 1. The molecular weight excluding hydrogens is 278 g/mol. The molecule has 1 atom stereocenters. The van der Waals surface area contributed by atoms with Crippen molar-refractivity contribution in [3.05, 3.63) is 78.0 Å². The number of pyridine rings is 1. The minimum atomic E-state index is -0.412. The molecule has 0 bridgehead atoms. The SMILES string of the molecule is O[C@H](CSCc1cnc2ccccc2c1)c1ccccc1. The molecule has 0 aliphatic heterocycles. The van der Waals surface area contributed by atoms with Gasteiger partial charge >= 0.3 is 0 Å². The normalized spacial score (nSPS) is 12.4. The molecule has 106 valence electrons. The van der Waals surface area contributed by atoms with Crippen molar-refractivity contribution in [2.45, 2.75) is 11.9 Å². The van der Waals surface area contributed by atoms with E-state index in [9.17, 15) is 5.11 Å². The number of hydrogen-bond donors (Lipinski definition) is 1. The van der Waals surface area contributed by atoms with Crippen LogP contribution < -0.4 is 0 Å². The van der Waals surface area contributed by atoms with Gasteiger partial charge in [0.15, 0.2) is 0 Å². The zero-order chi connectivity index (χ0) is 14.5. The summed E-state index contributed by atoms with van der Waals surface area (Å²) in [5, 5.41) is 11.3. The summed E-state index contributed by atoms with van der Waals surface area (Å²) in [7, 11) is 0. The fourth-order valence-electron chi connectivity index (χ4n) is 2.26. The van der Waals surface area contributed by atoms with Crippen LogP contribution in [0.2, 0.25) is 0 Å². The van der Waals surface area contributed by atoms with Crippen molar-refractivity contribution in [2.24, 2.45) is 0 Å². The lowest BCUT2D eigenvalue weighted by atomic mass is 10.1. The largest absolute Gasteiger partial charge is 0.388 e. The summed E-state index contributed by atoms with van der Waals surface area (Å²) in [6, 6.07) is 20.1. The van der Waals surface area contributed by atoms with Crippen LogP contribution in [0, 0.1) is 0 Å². The topological polar surface area (TPSA) is 33.1 Å². The highest BCUT2D eigenvalue weighted by molar-refractivity contribution is 7.98. The second-order valence-electron chi connectivity index (χ2n) is 4.98. The maximum absolute atomic E-state index is 10.1. The predicted octanol–water partition coefficient (Wildman–Crippen LogP) is 4.20. The molecule has 3 aromatic rings. The van der Waals surface area contributed by atoms with Gasteiger partial charge in [-0.1, -0.05) is 48.5 Å². The van der Waals surface area contributed by atoms with Gasteiger partial charge in [-0.2, -0.15) is 11.8 Å². The molecule has 0 spiro atoms. The zero-order valence-corrected chi connectivity index (χ0v) is 12.5. The summed E-state index contributed by atoms with van der Waals surface area (Å²) in [6.07, 6.45) is 1.51. The van der Waals surface area contributed by atoms with Gasteiger partial charge in [0.2, 0.25) is 0 Å². The fraction of sp³-hybridized carbons (Fsp3) is 0.167. The Morgan fingerprint density at radius 3 is 2.62 bits per heavy atom. The first-order chi connectivity index (χ1) is 10.3. The Morgan fingerprint density at radius 1 is 1.00 bits per heavy atom. The molecule has 0 amide bonds. The molecule has 3 rings (SSSR count). The number of benzene rings is 2. The average molecular weight is 295 g/mol. The minimum Gasteiger partial charge on any atom is -0.388 e. The number of aliphatic hydroxyl groups excluding tert-OH is 1. The van der Waals surface area contributed by atoms with Crippen LogP contribution in [0.5, 0.6) is 0 Å². The summed E-state index contributed by atoms with van der Waals surface area (Å²) in [4.78, 5) is 4.46. The summed E-state index contributed by atoms with van der Waals surface area (Å²) in [5.74, 6) is 1.55. The number of thioether (sulfide) groups is 1. The summed E-state index contributed by atoms with van der Waals surface area (Å²) < 4.78 is 0. The Morgan fingerprint density at radius 2 is 1.76 bits per heavy atom. The second-order valence-corrected chi connectivity index (χ2v) is 6.01. The van der Waals surface area contributed by atoms with Crippen molar-refractivity contribution in [1.82, 2.24) is 4.98 Å². The molecule has 3 heteroatoms. The quantitative estimate of drug-likeness (QED) is 0.765. The Labute approximate surface area is 128 Å². The smallest absolute Gasteiger partial charge is 0.0880 e. The van der Waals surface area contributed by atoms with Gasteiger partial charge in [0, 0.05) is 23.1 Å². The van der Waals surface area contributed by atoms with Crippen LogP contribution in [-0.4, -0.2) is 15.8 Å². The van der Waals surface area contributed by atoms with Crippen molar-refractivity contribution >= 4 is 22.7 Å². The second kappa shape index (κ2) is 6.74. The van der Waals surface area contributed by atoms with Gasteiger partial charge in [-0.15, -0.1) is 0 Å². The first kappa shape index (κ1) is 14.1. The van der Waals surface area contributed by atoms with E-state index in [1.54, 1.807) is 11.8 Å². The minimum absolute atomic E-state index is 0.412. The molecule has 2 nitrogen and oxygen atoms in total. The standard InChI is InChI=1S/C18H17NOS/c20-18(15-6-2-1-3-7-15)13-21-12-14-10-16-8-4-5-9-17(16)19-11-14/h1-11,18,20H,12-13H2/t18-/m1/s1. The van der Waals surface area contributed by atoms with E-state index >= 15 is 0 Å². The van der Waals surface area contributed by atoms with E-state index in [4.69, 9.17) is 0 Å². The van der Waals surface area contributed by atoms with Crippen molar-refractivity contribution in [3.8, 4) is 0 Å². The van der Waals surface area contributed by atoms with E-state index in [0.29, 0.717) is 5.75 Å². The van der Waals surface area contributed by atoms with E-state index in [2.05, 4.69) is 17.1 Å². The third-order valence-corrected chi connectivity index (χ3v) is 4.46. The van der Waals surface area contributed by atoms with Crippen molar-refractivity contribution in [3.63, 3.8) is 0 Å². The van der Waals surface area contributed by atoms with E-state index < -0.39 is 6.10 Å². The van der Waals surface area contributed by atoms with Gasteiger partial charge in [0.05, 0.1) is 11.6 Å². The van der Waals surface area contributed by atoms with Crippen LogP contribution in [0.4, 0.5) is 0 Å².